The standard InChI is InChI=1S/C16H16BrClN2O2/c1-2-22-14-8-7-13(18)15(20-14)16(21)19-10-9-11-5-3-4-6-12(11)17/h3-8H,2,9-10H2,1H3,(H,19,21). The summed E-state index contributed by atoms with van der Waals surface area (Å²) < 4.78 is 6.31. The molecule has 0 aliphatic rings. The second kappa shape index (κ2) is 8.15. The molecule has 116 valence electrons. The Hall–Kier alpha value is -1.59. The summed E-state index contributed by atoms with van der Waals surface area (Å²) in [6.45, 7) is 2.84. The van der Waals surface area contributed by atoms with Gasteiger partial charge in [0.25, 0.3) is 5.91 Å². The summed E-state index contributed by atoms with van der Waals surface area (Å²) in [5.41, 5.74) is 1.31. The van der Waals surface area contributed by atoms with Crippen LogP contribution in [0.25, 0.3) is 0 Å². The van der Waals surface area contributed by atoms with Crippen molar-refractivity contribution in [3.05, 3.63) is 57.2 Å². The van der Waals surface area contributed by atoms with Gasteiger partial charge >= 0.3 is 0 Å². The molecule has 1 heterocycles. The van der Waals surface area contributed by atoms with Crippen LogP contribution in [0.3, 0.4) is 0 Å². The molecule has 2 rings (SSSR count). The maximum atomic E-state index is 12.2. The number of nitrogens with zero attached hydrogens (tertiary/aromatic N) is 1. The van der Waals surface area contributed by atoms with E-state index in [4.69, 9.17) is 16.3 Å². The fourth-order valence-corrected chi connectivity index (χ4v) is 2.58. The largest absolute Gasteiger partial charge is 0.478 e. The molecule has 0 spiro atoms. The lowest BCUT2D eigenvalue weighted by atomic mass is 10.1. The van der Waals surface area contributed by atoms with Gasteiger partial charge in [0, 0.05) is 17.1 Å². The van der Waals surface area contributed by atoms with E-state index in [-0.39, 0.29) is 11.6 Å². The van der Waals surface area contributed by atoms with Crippen molar-refractivity contribution in [2.45, 2.75) is 13.3 Å². The topological polar surface area (TPSA) is 51.2 Å². The van der Waals surface area contributed by atoms with Crippen molar-refractivity contribution in [1.82, 2.24) is 10.3 Å². The first kappa shape index (κ1) is 16.8. The van der Waals surface area contributed by atoms with Crippen LogP contribution in [-0.4, -0.2) is 24.0 Å². The average Bonchev–Trinajstić information content (AvgIpc) is 2.51. The van der Waals surface area contributed by atoms with Crippen LogP contribution in [-0.2, 0) is 6.42 Å². The molecule has 0 atom stereocenters. The minimum atomic E-state index is -0.307. The van der Waals surface area contributed by atoms with Crippen molar-refractivity contribution in [2.75, 3.05) is 13.2 Å². The zero-order valence-corrected chi connectivity index (χ0v) is 14.4. The van der Waals surface area contributed by atoms with Gasteiger partial charge in [0.2, 0.25) is 5.88 Å². The van der Waals surface area contributed by atoms with Crippen LogP contribution in [0.1, 0.15) is 23.0 Å². The zero-order valence-electron chi connectivity index (χ0n) is 12.1. The van der Waals surface area contributed by atoms with Crippen molar-refractivity contribution in [1.29, 1.82) is 0 Å². The van der Waals surface area contributed by atoms with Gasteiger partial charge in [0.15, 0.2) is 5.69 Å². The van der Waals surface area contributed by atoms with E-state index < -0.39 is 0 Å². The number of amides is 1. The predicted molar refractivity (Wildman–Crippen MR) is 90.6 cm³/mol. The van der Waals surface area contributed by atoms with Gasteiger partial charge in [0.05, 0.1) is 11.6 Å². The van der Waals surface area contributed by atoms with Gasteiger partial charge < -0.3 is 10.1 Å². The lowest BCUT2D eigenvalue weighted by molar-refractivity contribution is 0.0948. The summed E-state index contributed by atoms with van der Waals surface area (Å²) in [6.07, 6.45) is 0.718. The molecule has 1 aromatic heterocycles. The fraction of sp³-hybridized carbons (Fsp3) is 0.250. The van der Waals surface area contributed by atoms with Crippen molar-refractivity contribution >= 4 is 33.4 Å². The maximum Gasteiger partial charge on any atom is 0.271 e. The van der Waals surface area contributed by atoms with Crippen LogP contribution < -0.4 is 10.1 Å². The van der Waals surface area contributed by atoms with E-state index in [1.807, 2.05) is 31.2 Å². The molecule has 0 fully saturated rings. The van der Waals surface area contributed by atoms with Gasteiger partial charge in [0.1, 0.15) is 0 Å². The molecular formula is C16H16BrClN2O2. The van der Waals surface area contributed by atoms with Crippen LogP contribution in [0, 0.1) is 0 Å². The molecule has 4 nitrogen and oxygen atoms in total. The normalized spacial score (nSPS) is 10.3. The van der Waals surface area contributed by atoms with Crippen LogP contribution in [0.4, 0.5) is 0 Å². The smallest absolute Gasteiger partial charge is 0.271 e. The van der Waals surface area contributed by atoms with Crippen LogP contribution in [0.5, 0.6) is 5.88 Å². The third-order valence-corrected chi connectivity index (χ3v) is 4.04. The molecular weight excluding hydrogens is 368 g/mol. The number of pyridine rings is 1. The Kier molecular flexibility index (Phi) is 6.21. The highest BCUT2D eigenvalue weighted by molar-refractivity contribution is 9.10. The van der Waals surface area contributed by atoms with Crippen molar-refractivity contribution in [3.8, 4) is 5.88 Å². The van der Waals surface area contributed by atoms with Crippen molar-refractivity contribution < 1.29 is 9.53 Å². The quantitative estimate of drug-likeness (QED) is 0.824. The molecule has 0 bridgehead atoms. The summed E-state index contributed by atoms with van der Waals surface area (Å²) in [6, 6.07) is 11.2. The molecule has 0 aliphatic carbocycles. The summed E-state index contributed by atoms with van der Waals surface area (Å²) in [5, 5.41) is 3.13. The monoisotopic (exact) mass is 382 g/mol. The van der Waals surface area contributed by atoms with Crippen molar-refractivity contribution in [3.63, 3.8) is 0 Å². The number of rotatable bonds is 6. The van der Waals surface area contributed by atoms with E-state index >= 15 is 0 Å². The van der Waals surface area contributed by atoms with Gasteiger partial charge in [-0.1, -0.05) is 45.7 Å². The Labute approximate surface area is 143 Å². The third kappa shape index (κ3) is 4.45. The lowest BCUT2D eigenvalue weighted by Gasteiger charge is -2.09. The Balaban J connectivity index is 1.97. The average molecular weight is 384 g/mol. The van der Waals surface area contributed by atoms with E-state index in [0.29, 0.717) is 24.1 Å². The molecule has 0 radical (unpaired) electrons. The fourth-order valence-electron chi connectivity index (χ4n) is 1.91. The summed E-state index contributed by atoms with van der Waals surface area (Å²) >= 11 is 9.51. The Bertz CT molecular complexity index is 664. The highest BCUT2D eigenvalue weighted by atomic mass is 79.9. The number of halogens is 2. The van der Waals surface area contributed by atoms with E-state index in [2.05, 4.69) is 26.2 Å². The molecule has 1 amide bonds. The first-order valence-corrected chi connectivity index (χ1v) is 8.10. The summed E-state index contributed by atoms with van der Waals surface area (Å²) in [7, 11) is 0. The van der Waals surface area contributed by atoms with Gasteiger partial charge in [-0.2, -0.15) is 0 Å². The second-order valence-corrected chi connectivity index (χ2v) is 5.77. The minimum Gasteiger partial charge on any atom is -0.478 e. The van der Waals surface area contributed by atoms with Gasteiger partial charge in [-0.05, 0) is 31.0 Å². The van der Waals surface area contributed by atoms with Crippen molar-refractivity contribution in [2.24, 2.45) is 0 Å². The SMILES string of the molecule is CCOc1ccc(Cl)c(C(=O)NCCc2ccccc2Br)n1. The number of hydrogen-bond acceptors (Lipinski definition) is 3. The Morgan fingerprint density at radius 1 is 1.32 bits per heavy atom. The van der Waals surface area contributed by atoms with Crippen LogP contribution in [0.2, 0.25) is 5.02 Å². The second-order valence-electron chi connectivity index (χ2n) is 4.51. The van der Waals surface area contributed by atoms with Gasteiger partial charge in [-0.3, -0.25) is 4.79 Å². The highest BCUT2D eigenvalue weighted by Crippen LogP contribution is 2.18. The number of ether oxygens (including phenoxy) is 1. The van der Waals surface area contributed by atoms with E-state index in [1.54, 1.807) is 12.1 Å². The maximum absolute atomic E-state index is 12.2. The molecule has 1 N–H and O–H groups in total. The van der Waals surface area contributed by atoms with Gasteiger partial charge in [-0.15, -0.1) is 0 Å². The first-order chi connectivity index (χ1) is 10.6. The Morgan fingerprint density at radius 2 is 2.09 bits per heavy atom. The highest BCUT2D eigenvalue weighted by Gasteiger charge is 2.13. The summed E-state index contributed by atoms with van der Waals surface area (Å²) in [4.78, 5) is 16.3. The molecule has 0 saturated carbocycles. The number of hydrogen-bond donors (Lipinski definition) is 1. The molecule has 2 aromatic rings. The minimum absolute atomic E-state index is 0.180. The molecule has 0 unspecified atom stereocenters. The number of nitrogens with one attached hydrogen (secondary N) is 1. The van der Waals surface area contributed by atoms with E-state index in [0.717, 1.165) is 16.5 Å². The molecule has 6 heteroatoms. The zero-order chi connectivity index (χ0) is 15.9. The van der Waals surface area contributed by atoms with E-state index in [1.165, 1.54) is 0 Å². The lowest BCUT2D eigenvalue weighted by Crippen LogP contribution is -2.27. The molecule has 0 saturated heterocycles. The van der Waals surface area contributed by atoms with Crippen LogP contribution >= 0.6 is 27.5 Å². The van der Waals surface area contributed by atoms with E-state index in [9.17, 15) is 4.79 Å². The van der Waals surface area contributed by atoms with Crippen LogP contribution in [0.15, 0.2) is 40.9 Å². The molecule has 22 heavy (non-hydrogen) atoms. The third-order valence-electron chi connectivity index (χ3n) is 2.97. The predicted octanol–water partition coefficient (Wildman–Crippen LogP) is 3.87. The Morgan fingerprint density at radius 3 is 2.82 bits per heavy atom. The number of carbonyl (C=O) groups is 1. The first-order valence-electron chi connectivity index (χ1n) is 6.92. The molecule has 1 aromatic carbocycles. The number of carbonyl (C=O) groups excluding carboxylic acids is 1. The van der Waals surface area contributed by atoms with Gasteiger partial charge in [-0.25, -0.2) is 4.98 Å². The summed E-state index contributed by atoms with van der Waals surface area (Å²) in [5.74, 6) is 0.0847. The number of benzene rings is 1. The molecule has 0 aliphatic heterocycles. The number of aromatic nitrogens is 1.